The number of aromatic hydroxyl groups is 2. The lowest BCUT2D eigenvalue weighted by Crippen LogP contribution is -3.00. The van der Waals surface area contributed by atoms with E-state index in [1.165, 1.54) is 24.3 Å². The van der Waals surface area contributed by atoms with Gasteiger partial charge in [0.2, 0.25) is 5.91 Å². The average molecular weight is 504 g/mol. The fourth-order valence-electron chi connectivity index (χ4n) is 3.45. The molecule has 0 spiro atoms. The normalized spacial score (nSPS) is 15.5. The molecule has 1 saturated heterocycles. The number of rotatable bonds is 6. The molecule has 1 heterocycles. The number of halogens is 3. The van der Waals surface area contributed by atoms with Gasteiger partial charge in [0.05, 0.1) is 38.1 Å². The number of amides is 2. The molecule has 0 unspecified atom stereocenters. The summed E-state index contributed by atoms with van der Waals surface area (Å²) < 4.78 is 0.514. The van der Waals surface area contributed by atoms with Crippen molar-refractivity contribution in [2.75, 3.05) is 56.9 Å². The van der Waals surface area contributed by atoms with Gasteiger partial charge in [-0.3, -0.25) is 14.5 Å². The Kier molecular flexibility index (Phi) is 9.00. The number of benzene rings is 2. The van der Waals surface area contributed by atoms with E-state index in [4.69, 9.17) is 23.2 Å². The summed E-state index contributed by atoms with van der Waals surface area (Å²) in [5, 5.41) is 25.9. The van der Waals surface area contributed by atoms with Gasteiger partial charge in [-0.25, -0.2) is 0 Å². The first kappa shape index (κ1) is 26.0. The monoisotopic (exact) mass is 502 g/mol. The predicted molar refractivity (Wildman–Crippen MR) is 121 cm³/mol. The number of hydrogen-bond acceptors (Lipinski definition) is 5. The van der Waals surface area contributed by atoms with Crippen LogP contribution in [0.5, 0.6) is 11.5 Å². The Morgan fingerprint density at radius 3 is 1.91 bits per heavy atom. The van der Waals surface area contributed by atoms with Crippen LogP contribution >= 0.6 is 23.2 Å². The zero-order chi connectivity index (χ0) is 22.6. The van der Waals surface area contributed by atoms with Crippen LogP contribution in [0.3, 0.4) is 0 Å². The molecule has 0 saturated carbocycles. The zero-order valence-electron chi connectivity index (χ0n) is 17.4. The smallest absolute Gasteiger partial charge is 0.279 e. The molecule has 11 heteroatoms. The maximum atomic E-state index is 12.5. The molecule has 2 aromatic carbocycles. The average Bonchev–Trinajstić information content (AvgIpc) is 2.69. The van der Waals surface area contributed by atoms with Gasteiger partial charge in [-0.05, 0) is 36.4 Å². The molecule has 2 aromatic rings. The highest BCUT2D eigenvalue weighted by molar-refractivity contribution is 6.31. The number of nitrogens with one attached hydrogen (secondary N) is 2. The topological polar surface area (TPSA) is 102 Å². The predicted octanol–water partition coefficient (Wildman–Crippen LogP) is -0.252. The fourth-order valence-corrected chi connectivity index (χ4v) is 3.80. The van der Waals surface area contributed by atoms with Gasteiger partial charge in [0, 0.05) is 23.1 Å². The number of carbonyl (C=O) groups is 2. The van der Waals surface area contributed by atoms with Gasteiger partial charge in [-0.2, -0.15) is 0 Å². The zero-order valence-corrected chi connectivity index (χ0v) is 19.7. The van der Waals surface area contributed by atoms with E-state index < -0.39 is 0 Å². The number of nitrogens with zero attached hydrogens (tertiary/aromatic N) is 2. The van der Waals surface area contributed by atoms with Gasteiger partial charge in [0.25, 0.3) is 5.91 Å². The van der Waals surface area contributed by atoms with Crippen LogP contribution in [0, 0.1) is 0 Å². The quantitative estimate of drug-likeness (QED) is 0.322. The molecule has 0 aromatic heterocycles. The molecule has 3 rings (SSSR count). The molecule has 2 amide bonds. The lowest BCUT2D eigenvalue weighted by molar-refractivity contribution is -0.905. The Balaban J connectivity index is 0.00000363. The largest absolute Gasteiger partial charge is 1.00 e. The third kappa shape index (κ3) is 7.15. The first-order valence-electron chi connectivity index (χ1n) is 9.76. The van der Waals surface area contributed by atoms with Crippen molar-refractivity contribution >= 4 is 46.4 Å². The SMILES string of the molecule is C[N+]1(CC(=O)Nc2cc(Cl)ccc2O)CCN(CC(=O)Nc2cc(Cl)ccc2O)CC1.[Cl-]. The Hall–Kier alpha value is -2.23. The Bertz CT molecular complexity index is 982. The minimum Gasteiger partial charge on any atom is -1.00 e. The summed E-state index contributed by atoms with van der Waals surface area (Å²) in [5.74, 6) is -0.551. The molecule has 0 radical (unpaired) electrons. The van der Waals surface area contributed by atoms with Crippen LogP contribution in [-0.2, 0) is 9.59 Å². The van der Waals surface area contributed by atoms with Crippen LogP contribution in [0.15, 0.2) is 36.4 Å². The van der Waals surface area contributed by atoms with E-state index in [0.29, 0.717) is 40.7 Å². The van der Waals surface area contributed by atoms with Crippen molar-refractivity contribution in [3.8, 4) is 11.5 Å². The number of carbonyl (C=O) groups excluding carboxylic acids is 2. The Morgan fingerprint density at radius 1 is 0.938 bits per heavy atom. The summed E-state index contributed by atoms with van der Waals surface area (Å²) in [6.07, 6.45) is 0. The van der Waals surface area contributed by atoms with Crippen molar-refractivity contribution in [3.05, 3.63) is 46.4 Å². The molecule has 4 N–H and O–H groups in total. The second kappa shape index (κ2) is 11.1. The number of phenols is 2. The van der Waals surface area contributed by atoms with E-state index in [-0.39, 0.29) is 60.2 Å². The van der Waals surface area contributed by atoms with Crippen molar-refractivity contribution in [2.24, 2.45) is 0 Å². The first-order valence-corrected chi connectivity index (χ1v) is 10.5. The number of piperazine rings is 1. The minimum atomic E-state index is -0.247. The molecule has 32 heavy (non-hydrogen) atoms. The van der Waals surface area contributed by atoms with E-state index in [1.54, 1.807) is 12.1 Å². The van der Waals surface area contributed by atoms with Gasteiger partial charge in [0.15, 0.2) is 6.54 Å². The standard InChI is InChI=1S/C21H24Cl2N4O4.ClH/c1-27(13-21(31)25-17-11-15(23)3-5-19(17)29)8-6-26(7-9-27)12-20(30)24-16-10-14(22)2-4-18(16)28;/h2-5,10-11H,6-9,12-13H2,1H3,(H3-,24,25,28,29,30,31);1H. The molecular formula is C21H25Cl3N4O4. The molecule has 0 atom stereocenters. The first-order chi connectivity index (χ1) is 14.6. The summed E-state index contributed by atoms with van der Waals surface area (Å²) in [4.78, 5) is 26.8. The third-order valence-corrected chi connectivity index (χ3v) is 5.74. The molecule has 8 nitrogen and oxygen atoms in total. The number of quaternary nitrogens is 1. The van der Waals surface area contributed by atoms with E-state index >= 15 is 0 Å². The van der Waals surface area contributed by atoms with Crippen LogP contribution in [-0.4, -0.2) is 77.7 Å². The van der Waals surface area contributed by atoms with Gasteiger partial charge < -0.3 is 37.7 Å². The van der Waals surface area contributed by atoms with Crippen LogP contribution in [0.4, 0.5) is 11.4 Å². The van der Waals surface area contributed by atoms with E-state index in [9.17, 15) is 19.8 Å². The third-order valence-electron chi connectivity index (χ3n) is 5.27. The highest BCUT2D eigenvalue weighted by Crippen LogP contribution is 2.27. The lowest BCUT2D eigenvalue weighted by Gasteiger charge is -2.41. The molecule has 1 aliphatic heterocycles. The summed E-state index contributed by atoms with van der Waals surface area (Å²) in [6, 6.07) is 8.94. The van der Waals surface area contributed by atoms with E-state index in [2.05, 4.69) is 10.6 Å². The lowest BCUT2D eigenvalue weighted by atomic mass is 10.2. The summed E-state index contributed by atoms with van der Waals surface area (Å²) in [5.41, 5.74) is 0.555. The summed E-state index contributed by atoms with van der Waals surface area (Å²) in [7, 11) is 1.98. The second-order valence-electron chi connectivity index (χ2n) is 7.92. The van der Waals surface area contributed by atoms with Crippen molar-refractivity contribution in [3.63, 3.8) is 0 Å². The molecule has 1 fully saturated rings. The van der Waals surface area contributed by atoms with Gasteiger partial charge in [-0.1, -0.05) is 23.2 Å². The van der Waals surface area contributed by atoms with E-state index in [0.717, 1.165) is 0 Å². The number of hydrogen-bond donors (Lipinski definition) is 4. The van der Waals surface area contributed by atoms with Crippen LogP contribution < -0.4 is 23.0 Å². The Labute approximate surface area is 202 Å². The molecule has 0 aliphatic carbocycles. The molecule has 0 bridgehead atoms. The van der Waals surface area contributed by atoms with Crippen LogP contribution in [0.25, 0.3) is 0 Å². The van der Waals surface area contributed by atoms with E-state index in [1.807, 2.05) is 11.9 Å². The van der Waals surface area contributed by atoms with Crippen LogP contribution in [0.1, 0.15) is 0 Å². The summed E-state index contributed by atoms with van der Waals surface area (Å²) >= 11 is 11.8. The van der Waals surface area contributed by atoms with Gasteiger partial charge >= 0.3 is 0 Å². The maximum absolute atomic E-state index is 12.5. The minimum absolute atomic E-state index is 0. The highest BCUT2D eigenvalue weighted by Gasteiger charge is 2.32. The molecular weight excluding hydrogens is 479 g/mol. The van der Waals surface area contributed by atoms with Crippen molar-refractivity contribution in [1.29, 1.82) is 0 Å². The van der Waals surface area contributed by atoms with Crippen LogP contribution in [0.2, 0.25) is 10.0 Å². The number of phenolic OH excluding ortho intramolecular Hbond substituents is 2. The highest BCUT2D eigenvalue weighted by atomic mass is 35.5. The van der Waals surface area contributed by atoms with Gasteiger partial charge in [-0.15, -0.1) is 0 Å². The number of anilines is 2. The molecule has 1 aliphatic rings. The second-order valence-corrected chi connectivity index (χ2v) is 8.79. The maximum Gasteiger partial charge on any atom is 0.279 e. The Morgan fingerprint density at radius 2 is 1.41 bits per heavy atom. The fraction of sp³-hybridized carbons (Fsp3) is 0.333. The van der Waals surface area contributed by atoms with Gasteiger partial charge in [0.1, 0.15) is 11.5 Å². The van der Waals surface area contributed by atoms with Crippen molar-refractivity contribution in [1.82, 2.24) is 4.90 Å². The van der Waals surface area contributed by atoms with Crippen molar-refractivity contribution in [2.45, 2.75) is 0 Å². The summed E-state index contributed by atoms with van der Waals surface area (Å²) in [6.45, 7) is 3.06. The van der Waals surface area contributed by atoms with Crippen molar-refractivity contribution < 1.29 is 36.7 Å². The molecule has 174 valence electrons. The number of likely N-dealkylation sites (N-methyl/N-ethyl adjacent to an activating group) is 1.